The van der Waals surface area contributed by atoms with Crippen LogP contribution in [0, 0.1) is 0 Å². The summed E-state index contributed by atoms with van der Waals surface area (Å²) in [6.07, 6.45) is 4.56. The predicted molar refractivity (Wildman–Crippen MR) is 92.3 cm³/mol. The van der Waals surface area contributed by atoms with Gasteiger partial charge in [-0.15, -0.1) is 10.2 Å². The van der Waals surface area contributed by atoms with E-state index in [-0.39, 0.29) is 11.6 Å². The van der Waals surface area contributed by atoms with Crippen molar-refractivity contribution >= 4 is 5.69 Å². The molecule has 2 aromatic heterocycles. The maximum absolute atomic E-state index is 12.4. The van der Waals surface area contributed by atoms with E-state index in [1.54, 1.807) is 18.6 Å². The van der Waals surface area contributed by atoms with Crippen LogP contribution in [0.2, 0.25) is 0 Å². The Morgan fingerprint density at radius 3 is 2.79 bits per heavy atom. The van der Waals surface area contributed by atoms with Gasteiger partial charge in [-0.25, -0.2) is 4.68 Å². The first-order valence-electron chi connectivity index (χ1n) is 8.43. The van der Waals surface area contributed by atoms with E-state index in [1.807, 2.05) is 4.57 Å². The minimum atomic E-state index is -0.108. The maximum atomic E-state index is 12.4. The zero-order valence-electron chi connectivity index (χ0n) is 14.6. The Kier molecular flexibility index (Phi) is 4.94. The molecule has 1 fully saturated rings. The quantitative estimate of drug-likeness (QED) is 0.817. The highest BCUT2D eigenvalue weighted by Gasteiger charge is 2.15. The van der Waals surface area contributed by atoms with Gasteiger partial charge < -0.3 is 14.4 Å². The number of hydrogen-bond donors (Lipinski definition) is 0. The van der Waals surface area contributed by atoms with Crippen molar-refractivity contribution in [1.29, 1.82) is 0 Å². The Bertz CT molecular complexity index is 736. The molecule has 24 heavy (non-hydrogen) atoms. The van der Waals surface area contributed by atoms with Crippen LogP contribution in [0.1, 0.15) is 32.1 Å². The minimum absolute atomic E-state index is 0.108. The Balaban J connectivity index is 1.77. The minimum Gasteiger partial charge on any atom is -0.369 e. The van der Waals surface area contributed by atoms with E-state index in [0.717, 1.165) is 44.1 Å². The van der Waals surface area contributed by atoms with Crippen LogP contribution in [0.3, 0.4) is 0 Å². The van der Waals surface area contributed by atoms with Crippen molar-refractivity contribution in [3.63, 3.8) is 0 Å². The van der Waals surface area contributed by atoms with Gasteiger partial charge in [0.25, 0.3) is 5.56 Å². The molecule has 0 saturated carbocycles. The van der Waals surface area contributed by atoms with Gasteiger partial charge >= 0.3 is 0 Å². The molecule has 0 aromatic carbocycles. The van der Waals surface area contributed by atoms with Crippen LogP contribution in [0.4, 0.5) is 5.69 Å². The summed E-state index contributed by atoms with van der Waals surface area (Å²) in [5, 5.41) is 12.4. The van der Waals surface area contributed by atoms with Gasteiger partial charge in [0.2, 0.25) is 0 Å². The summed E-state index contributed by atoms with van der Waals surface area (Å²) >= 11 is 0. The molecular weight excluding hydrogens is 306 g/mol. The molecule has 0 N–H and O–H groups in total. The molecule has 1 aliphatic rings. The fraction of sp³-hybridized carbons (Fsp3) is 0.625. The number of rotatable bonds is 4. The number of likely N-dealkylation sites (N-methyl/N-ethyl adjacent to an activating group) is 1. The summed E-state index contributed by atoms with van der Waals surface area (Å²) in [5.74, 6) is 0.740. The zero-order valence-corrected chi connectivity index (χ0v) is 14.6. The third kappa shape index (κ3) is 3.64. The van der Waals surface area contributed by atoms with Crippen LogP contribution in [-0.2, 0) is 6.54 Å². The molecule has 130 valence electrons. The average molecular weight is 331 g/mol. The van der Waals surface area contributed by atoms with E-state index < -0.39 is 0 Å². The van der Waals surface area contributed by atoms with Crippen molar-refractivity contribution in [1.82, 2.24) is 29.4 Å². The van der Waals surface area contributed by atoms with Crippen molar-refractivity contribution in [2.45, 2.75) is 32.9 Å². The van der Waals surface area contributed by atoms with Crippen molar-refractivity contribution in [2.75, 3.05) is 38.1 Å². The van der Waals surface area contributed by atoms with Gasteiger partial charge in [-0.1, -0.05) is 0 Å². The molecule has 0 bridgehead atoms. The van der Waals surface area contributed by atoms with Crippen LogP contribution in [0.25, 0.3) is 0 Å². The second-order valence-electron chi connectivity index (χ2n) is 6.60. The fourth-order valence-corrected chi connectivity index (χ4v) is 2.97. The number of nitrogens with zero attached hydrogens (tertiary/aromatic N) is 7. The Morgan fingerprint density at radius 1 is 1.21 bits per heavy atom. The lowest BCUT2D eigenvalue weighted by atomic mass is 10.3. The summed E-state index contributed by atoms with van der Waals surface area (Å²) in [6, 6.07) is 1.92. The van der Waals surface area contributed by atoms with E-state index in [0.29, 0.717) is 6.54 Å². The lowest BCUT2D eigenvalue weighted by molar-refractivity contribution is 0.360. The van der Waals surface area contributed by atoms with Gasteiger partial charge in [0.05, 0.1) is 11.9 Å². The first kappa shape index (κ1) is 16.6. The Morgan fingerprint density at radius 2 is 2.04 bits per heavy atom. The molecule has 8 heteroatoms. The lowest BCUT2D eigenvalue weighted by Gasteiger charge is -2.22. The summed E-state index contributed by atoms with van der Waals surface area (Å²) in [7, 11) is 2.13. The number of hydrogen-bond acceptors (Lipinski definition) is 6. The van der Waals surface area contributed by atoms with E-state index in [1.165, 1.54) is 4.68 Å². The molecule has 3 rings (SSSR count). The number of aromatic nitrogens is 5. The van der Waals surface area contributed by atoms with Crippen LogP contribution >= 0.6 is 0 Å². The van der Waals surface area contributed by atoms with Crippen molar-refractivity contribution < 1.29 is 0 Å². The SMILES string of the molecule is CC(C)n1cnnc1Cn1ncc(N2CCCN(C)CC2)cc1=O. The third-order valence-electron chi connectivity index (χ3n) is 4.43. The largest absolute Gasteiger partial charge is 0.369 e. The summed E-state index contributed by atoms with van der Waals surface area (Å²) in [6.45, 7) is 8.41. The highest BCUT2D eigenvalue weighted by atomic mass is 16.1. The average Bonchev–Trinajstić information content (AvgIpc) is 2.90. The molecule has 8 nitrogen and oxygen atoms in total. The molecule has 0 unspecified atom stereocenters. The first-order valence-corrected chi connectivity index (χ1v) is 8.43. The number of anilines is 1. The van der Waals surface area contributed by atoms with Crippen LogP contribution < -0.4 is 10.5 Å². The summed E-state index contributed by atoms with van der Waals surface area (Å²) < 4.78 is 3.39. The van der Waals surface area contributed by atoms with Gasteiger partial charge in [-0.2, -0.15) is 5.10 Å². The topological polar surface area (TPSA) is 72.1 Å². The van der Waals surface area contributed by atoms with Crippen molar-refractivity contribution in [3.8, 4) is 0 Å². The smallest absolute Gasteiger partial charge is 0.269 e. The van der Waals surface area contributed by atoms with Gasteiger partial charge in [-0.05, 0) is 33.9 Å². The van der Waals surface area contributed by atoms with Gasteiger partial charge in [0.15, 0.2) is 5.82 Å². The second kappa shape index (κ2) is 7.12. The molecule has 0 atom stereocenters. The van der Waals surface area contributed by atoms with E-state index in [2.05, 4.69) is 46.0 Å². The predicted octanol–water partition coefficient (Wildman–Crippen LogP) is 0.606. The lowest BCUT2D eigenvalue weighted by Crippen LogP contribution is -2.31. The second-order valence-corrected chi connectivity index (χ2v) is 6.60. The standard InChI is InChI=1S/C16H25N7O/c1-13(2)22-12-17-19-15(22)11-23-16(24)9-14(10-18-23)21-6-4-5-20(3)7-8-21/h9-10,12-13H,4-8,11H2,1-3H3. The van der Waals surface area contributed by atoms with Crippen molar-refractivity contribution in [2.24, 2.45) is 0 Å². The molecule has 3 heterocycles. The first-order chi connectivity index (χ1) is 11.5. The van der Waals surface area contributed by atoms with Gasteiger partial charge in [0, 0.05) is 31.7 Å². The summed E-state index contributed by atoms with van der Waals surface area (Å²) in [5.41, 5.74) is 0.792. The van der Waals surface area contributed by atoms with E-state index in [4.69, 9.17) is 0 Å². The Hall–Kier alpha value is -2.22. The molecular formula is C16H25N7O. The zero-order chi connectivity index (χ0) is 17.1. The monoisotopic (exact) mass is 331 g/mol. The molecule has 0 spiro atoms. The van der Waals surface area contributed by atoms with Crippen molar-refractivity contribution in [3.05, 3.63) is 34.8 Å². The van der Waals surface area contributed by atoms with Gasteiger partial charge in [0.1, 0.15) is 12.9 Å². The normalized spacial score (nSPS) is 16.6. The van der Waals surface area contributed by atoms with E-state index >= 15 is 0 Å². The molecule has 2 aromatic rings. The van der Waals surface area contributed by atoms with E-state index in [9.17, 15) is 4.79 Å². The highest BCUT2D eigenvalue weighted by molar-refractivity contribution is 5.43. The Labute approximate surface area is 141 Å². The molecule has 0 radical (unpaired) electrons. The maximum Gasteiger partial charge on any atom is 0.269 e. The molecule has 0 aliphatic carbocycles. The fourth-order valence-electron chi connectivity index (χ4n) is 2.97. The van der Waals surface area contributed by atoms with Crippen LogP contribution in [-0.4, -0.2) is 62.7 Å². The summed E-state index contributed by atoms with van der Waals surface area (Å²) in [4.78, 5) is 17.0. The molecule has 1 aliphatic heterocycles. The molecule has 0 amide bonds. The van der Waals surface area contributed by atoms with Crippen LogP contribution in [0.15, 0.2) is 23.4 Å². The van der Waals surface area contributed by atoms with Gasteiger partial charge in [-0.3, -0.25) is 4.79 Å². The van der Waals surface area contributed by atoms with Crippen LogP contribution in [0.5, 0.6) is 0 Å². The molecule has 1 saturated heterocycles. The highest BCUT2D eigenvalue weighted by Crippen LogP contribution is 2.13. The third-order valence-corrected chi connectivity index (χ3v) is 4.43.